The molecular weight excluding hydrogens is 228 g/mol. The van der Waals surface area contributed by atoms with Crippen LogP contribution in [0.4, 0.5) is 0 Å². The average molecular weight is 252 g/mol. The third-order valence-electron chi connectivity index (χ3n) is 3.83. The van der Waals surface area contributed by atoms with Crippen molar-refractivity contribution in [1.82, 2.24) is 20.3 Å². The summed E-state index contributed by atoms with van der Waals surface area (Å²) in [5.41, 5.74) is 1.47. The van der Waals surface area contributed by atoms with Gasteiger partial charge in [-0.15, -0.1) is 5.10 Å². The number of nitrogens with one attached hydrogen (secondary N) is 1. The molecule has 5 nitrogen and oxygen atoms in total. The van der Waals surface area contributed by atoms with Gasteiger partial charge in [0, 0.05) is 18.8 Å². The number of hydrogen-bond acceptors (Lipinski definition) is 4. The molecule has 2 rings (SSSR count). The molecule has 1 fully saturated rings. The van der Waals surface area contributed by atoms with Crippen LogP contribution in [0.25, 0.3) is 0 Å². The van der Waals surface area contributed by atoms with Gasteiger partial charge < -0.3 is 10.4 Å². The third-order valence-corrected chi connectivity index (χ3v) is 3.83. The molecule has 0 unspecified atom stereocenters. The van der Waals surface area contributed by atoms with Crippen molar-refractivity contribution in [2.24, 2.45) is 5.41 Å². The second kappa shape index (κ2) is 5.80. The molecule has 102 valence electrons. The van der Waals surface area contributed by atoms with Gasteiger partial charge in [-0.3, -0.25) is 0 Å². The highest BCUT2D eigenvalue weighted by Crippen LogP contribution is 2.34. The molecule has 1 heterocycles. The summed E-state index contributed by atoms with van der Waals surface area (Å²) in [4.78, 5) is 0. The van der Waals surface area contributed by atoms with Crippen LogP contribution in [-0.4, -0.2) is 32.7 Å². The average Bonchev–Trinajstić information content (AvgIpc) is 2.76. The Morgan fingerprint density at radius 1 is 1.44 bits per heavy atom. The Morgan fingerprint density at radius 2 is 2.17 bits per heavy atom. The van der Waals surface area contributed by atoms with Crippen molar-refractivity contribution in [2.45, 2.75) is 58.7 Å². The zero-order valence-corrected chi connectivity index (χ0v) is 11.4. The Balaban J connectivity index is 1.74. The van der Waals surface area contributed by atoms with Gasteiger partial charge >= 0.3 is 0 Å². The second-order valence-electron chi connectivity index (χ2n) is 6.02. The predicted octanol–water partition coefficient (Wildman–Crippen LogP) is 1.33. The molecular formula is C13H24N4O. The van der Waals surface area contributed by atoms with Gasteiger partial charge in [0.05, 0.1) is 18.8 Å². The van der Waals surface area contributed by atoms with Gasteiger partial charge in [-0.25, -0.2) is 4.68 Å². The normalized spacial score (nSPS) is 20.2. The maximum absolute atomic E-state index is 8.81. The lowest BCUT2D eigenvalue weighted by Crippen LogP contribution is -2.35. The predicted molar refractivity (Wildman–Crippen MR) is 70.0 cm³/mol. The van der Waals surface area contributed by atoms with Crippen LogP contribution in [0.2, 0.25) is 0 Å². The Labute approximate surface area is 109 Å². The molecule has 1 aromatic rings. The van der Waals surface area contributed by atoms with Gasteiger partial charge in [0.25, 0.3) is 0 Å². The van der Waals surface area contributed by atoms with E-state index in [1.54, 1.807) is 4.68 Å². The summed E-state index contributed by atoms with van der Waals surface area (Å²) in [6.45, 7) is 6.10. The summed E-state index contributed by atoms with van der Waals surface area (Å²) in [5, 5.41) is 20.4. The number of aromatic nitrogens is 3. The summed E-state index contributed by atoms with van der Waals surface area (Å²) >= 11 is 0. The maximum atomic E-state index is 8.81. The first-order valence-corrected chi connectivity index (χ1v) is 6.82. The van der Waals surface area contributed by atoms with Gasteiger partial charge in [-0.1, -0.05) is 19.1 Å². The molecule has 5 heteroatoms. The third kappa shape index (κ3) is 3.78. The minimum absolute atomic E-state index is 0.105. The van der Waals surface area contributed by atoms with Crippen molar-refractivity contribution >= 4 is 0 Å². The second-order valence-corrected chi connectivity index (χ2v) is 6.02. The highest BCUT2D eigenvalue weighted by molar-refractivity contribution is 4.93. The van der Waals surface area contributed by atoms with Crippen LogP contribution in [0.1, 0.15) is 45.2 Å². The molecule has 1 aliphatic carbocycles. The largest absolute Gasteiger partial charge is 0.394 e. The van der Waals surface area contributed by atoms with E-state index in [-0.39, 0.29) is 6.61 Å². The van der Waals surface area contributed by atoms with E-state index in [1.165, 1.54) is 25.7 Å². The Morgan fingerprint density at radius 3 is 2.83 bits per heavy atom. The van der Waals surface area contributed by atoms with E-state index in [9.17, 15) is 0 Å². The number of rotatable bonds is 5. The lowest BCUT2D eigenvalue weighted by molar-refractivity contribution is 0.205. The molecule has 0 aliphatic heterocycles. The van der Waals surface area contributed by atoms with E-state index in [4.69, 9.17) is 5.11 Å². The minimum atomic E-state index is 0.105. The van der Waals surface area contributed by atoms with Crippen molar-refractivity contribution < 1.29 is 5.11 Å². The van der Waals surface area contributed by atoms with E-state index in [1.807, 2.05) is 6.20 Å². The summed E-state index contributed by atoms with van der Waals surface area (Å²) in [6, 6.07) is 0.612. The fourth-order valence-electron chi connectivity index (χ4n) is 2.48. The summed E-state index contributed by atoms with van der Waals surface area (Å²) < 4.78 is 1.68. The zero-order valence-electron chi connectivity index (χ0n) is 11.4. The SMILES string of the molecule is CC1(C)CCC(NCc2cn(CCO)nn2)CC1. The molecule has 0 radical (unpaired) electrons. The molecule has 0 atom stereocenters. The van der Waals surface area contributed by atoms with Crippen molar-refractivity contribution in [3.05, 3.63) is 11.9 Å². The van der Waals surface area contributed by atoms with E-state index in [2.05, 4.69) is 29.5 Å². The first-order valence-electron chi connectivity index (χ1n) is 6.82. The first kappa shape index (κ1) is 13.5. The number of aliphatic hydroxyl groups excluding tert-OH is 1. The number of nitrogens with zero attached hydrogens (tertiary/aromatic N) is 3. The quantitative estimate of drug-likeness (QED) is 0.830. The molecule has 1 aliphatic rings. The smallest absolute Gasteiger partial charge is 0.0964 e. The molecule has 1 aromatic heterocycles. The summed E-state index contributed by atoms with van der Waals surface area (Å²) in [6.07, 6.45) is 6.98. The van der Waals surface area contributed by atoms with Crippen LogP contribution >= 0.6 is 0 Å². The van der Waals surface area contributed by atoms with E-state index >= 15 is 0 Å². The highest BCUT2D eigenvalue weighted by Gasteiger charge is 2.26. The van der Waals surface area contributed by atoms with Crippen LogP contribution < -0.4 is 5.32 Å². The molecule has 0 bridgehead atoms. The van der Waals surface area contributed by atoms with Crippen molar-refractivity contribution in [3.8, 4) is 0 Å². The highest BCUT2D eigenvalue weighted by atomic mass is 16.3. The molecule has 0 amide bonds. The van der Waals surface area contributed by atoms with Crippen LogP contribution in [0, 0.1) is 5.41 Å². The van der Waals surface area contributed by atoms with Crippen LogP contribution in [-0.2, 0) is 13.1 Å². The van der Waals surface area contributed by atoms with Crippen LogP contribution in [0.15, 0.2) is 6.20 Å². The van der Waals surface area contributed by atoms with Crippen LogP contribution in [0.3, 0.4) is 0 Å². The minimum Gasteiger partial charge on any atom is -0.394 e. The van der Waals surface area contributed by atoms with Crippen molar-refractivity contribution in [2.75, 3.05) is 6.61 Å². The van der Waals surface area contributed by atoms with E-state index in [0.717, 1.165) is 12.2 Å². The zero-order chi connectivity index (χ0) is 13.0. The standard InChI is InChI=1S/C13H24N4O/c1-13(2)5-3-11(4-6-13)14-9-12-10-17(7-8-18)16-15-12/h10-11,14,18H,3-9H2,1-2H3. The van der Waals surface area contributed by atoms with Gasteiger partial charge in [-0.05, 0) is 31.1 Å². The molecule has 0 saturated heterocycles. The topological polar surface area (TPSA) is 63.0 Å². The van der Waals surface area contributed by atoms with Crippen molar-refractivity contribution in [3.63, 3.8) is 0 Å². The van der Waals surface area contributed by atoms with Crippen LogP contribution in [0.5, 0.6) is 0 Å². The van der Waals surface area contributed by atoms with Gasteiger partial charge in [0.1, 0.15) is 0 Å². The lowest BCUT2D eigenvalue weighted by atomic mass is 9.75. The molecule has 0 spiro atoms. The fraction of sp³-hybridized carbons (Fsp3) is 0.846. The molecule has 18 heavy (non-hydrogen) atoms. The monoisotopic (exact) mass is 252 g/mol. The molecule has 1 saturated carbocycles. The Kier molecular flexibility index (Phi) is 4.35. The summed E-state index contributed by atoms with van der Waals surface area (Å²) in [5.74, 6) is 0. The Bertz CT molecular complexity index is 365. The fourth-order valence-corrected chi connectivity index (χ4v) is 2.48. The van der Waals surface area contributed by atoms with E-state index < -0.39 is 0 Å². The van der Waals surface area contributed by atoms with Gasteiger partial charge in [-0.2, -0.15) is 0 Å². The number of hydrogen-bond donors (Lipinski definition) is 2. The maximum Gasteiger partial charge on any atom is 0.0964 e. The Hall–Kier alpha value is -0.940. The molecule has 2 N–H and O–H groups in total. The van der Waals surface area contributed by atoms with Crippen molar-refractivity contribution in [1.29, 1.82) is 0 Å². The first-order chi connectivity index (χ1) is 8.59. The number of aliphatic hydroxyl groups is 1. The molecule has 0 aromatic carbocycles. The lowest BCUT2D eigenvalue weighted by Gasteiger charge is -2.34. The van der Waals surface area contributed by atoms with Gasteiger partial charge in [0.15, 0.2) is 0 Å². The summed E-state index contributed by atoms with van der Waals surface area (Å²) in [7, 11) is 0. The van der Waals surface area contributed by atoms with Gasteiger partial charge in [0.2, 0.25) is 0 Å². The van der Waals surface area contributed by atoms with E-state index in [0.29, 0.717) is 18.0 Å².